The van der Waals surface area contributed by atoms with Crippen LogP contribution in [-0.2, 0) is 39.0 Å². The van der Waals surface area contributed by atoms with E-state index in [1.54, 1.807) is 35.2 Å². The molecule has 0 unspecified atom stereocenters. The van der Waals surface area contributed by atoms with Crippen molar-refractivity contribution in [2.75, 3.05) is 23.7 Å². The molecule has 0 spiro atoms. The zero-order valence-corrected chi connectivity index (χ0v) is 27.6. The summed E-state index contributed by atoms with van der Waals surface area (Å²) in [5.74, 6) is -0.309. The third kappa shape index (κ3) is 10.6. The molecule has 0 fully saturated rings. The predicted octanol–water partition coefficient (Wildman–Crippen LogP) is 6.51. The number of hydrogen-bond acceptors (Lipinski definition) is 4. The summed E-state index contributed by atoms with van der Waals surface area (Å²) >= 11 is 12.6. The molecular formula is C33H41Cl2N3O4S. The molecule has 0 aliphatic heterocycles. The summed E-state index contributed by atoms with van der Waals surface area (Å²) in [4.78, 5) is 29.1. The standard InChI is InChI=1S/C33H41Cl2N3O4S/c1-5-25-13-17-29(18-14-25)38(43(4,41)42)19-9-12-32(39)37(23-27-15-16-28(34)21-30(27)35)31(33(40)36-22-24(2)3)20-26-10-7-6-8-11-26/h6-8,10-11,13-18,21,24,31H,5,9,12,19-20,22-23H2,1-4H3,(H,36,40)/t31-/m1/s1. The number of nitrogens with one attached hydrogen (secondary N) is 1. The van der Waals surface area contributed by atoms with Crippen LogP contribution in [-0.4, -0.2) is 50.5 Å². The first-order valence-corrected chi connectivity index (χ1v) is 17.1. The molecule has 3 aromatic rings. The van der Waals surface area contributed by atoms with Gasteiger partial charge in [0.2, 0.25) is 21.8 Å². The lowest BCUT2D eigenvalue weighted by Crippen LogP contribution is -2.51. The number of rotatable bonds is 15. The molecule has 1 N–H and O–H groups in total. The molecule has 0 saturated carbocycles. The van der Waals surface area contributed by atoms with Gasteiger partial charge in [-0.15, -0.1) is 0 Å². The van der Waals surface area contributed by atoms with Gasteiger partial charge in [0.15, 0.2) is 0 Å². The minimum absolute atomic E-state index is 0.0347. The van der Waals surface area contributed by atoms with Gasteiger partial charge in [0.25, 0.3) is 0 Å². The van der Waals surface area contributed by atoms with E-state index < -0.39 is 16.1 Å². The SMILES string of the molecule is CCc1ccc(N(CCCC(=O)N(Cc2ccc(Cl)cc2Cl)[C@H](Cc2ccccc2)C(=O)NCC(C)C)S(C)(=O)=O)cc1. The molecule has 0 aliphatic rings. The summed E-state index contributed by atoms with van der Waals surface area (Å²) in [7, 11) is -3.59. The van der Waals surface area contributed by atoms with Gasteiger partial charge in [-0.3, -0.25) is 13.9 Å². The highest BCUT2D eigenvalue weighted by molar-refractivity contribution is 7.92. The summed E-state index contributed by atoms with van der Waals surface area (Å²) < 4.78 is 26.7. The van der Waals surface area contributed by atoms with Crippen LogP contribution in [0.2, 0.25) is 10.0 Å². The van der Waals surface area contributed by atoms with Crippen LogP contribution in [0.15, 0.2) is 72.8 Å². The van der Waals surface area contributed by atoms with Gasteiger partial charge in [-0.05, 0) is 59.7 Å². The number of benzene rings is 3. The Balaban J connectivity index is 1.90. The van der Waals surface area contributed by atoms with Gasteiger partial charge >= 0.3 is 0 Å². The first-order chi connectivity index (χ1) is 20.4. The van der Waals surface area contributed by atoms with E-state index in [0.717, 1.165) is 23.8 Å². The van der Waals surface area contributed by atoms with Crippen molar-refractivity contribution in [3.63, 3.8) is 0 Å². The van der Waals surface area contributed by atoms with E-state index in [-0.39, 0.29) is 43.7 Å². The number of carbonyl (C=O) groups excluding carboxylic acids is 2. The van der Waals surface area contributed by atoms with Gasteiger partial charge in [-0.1, -0.05) is 92.5 Å². The molecule has 0 aromatic heterocycles. The average molecular weight is 647 g/mol. The fourth-order valence-corrected chi connectivity index (χ4v) is 6.15. The fourth-order valence-electron chi connectivity index (χ4n) is 4.71. The number of hydrogen-bond donors (Lipinski definition) is 1. The molecule has 2 amide bonds. The fraction of sp³-hybridized carbons (Fsp3) is 0.394. The van der Waals surface area contributed by atoms with Crippen LogP contribution in [0, 0.1) is 5.92 Å². The van der Waals surface area contributed by atoms with Crippen molar-refractivity contribution < 1.29 is 18.0 Å². The molecule has 0 bridgehead atoms. The molecule has 232 valence electrons. The Morgan fingerprint density at radius 3 is 2.19 bits per heavy atom. The molecule has 43 heavy (non-hydrogen) atoms. The monoisotopic (exact) mass is 645 g/mol. The molecule has 3 aromatic carbocycles. The topological polar surface area (TPSA) is 86.8 Å². The first-order valence-electron chi connectivity index (χ1n) is 14.5. The minimum atomic E-state index is -3.59. The molecule has 1 atom stereocenters. The summed E-state index contributed by atoms with van der Waals surface area (Å²) in [6.07, 6.45) is 2.61. The number of sulfonamides is 1. The van der Waals surface area contributed by atoms with Gasteiger partial charge in [-0.2, -0.15) is 0 Å². The number of halogens is 2. The number of amides is 2. The van der Waals surface area contributed by atoms with Gasteiger partial charge in [0.05, 0.1) is 11.9 Å². The van der Waals surface area contributed by atoms with Crippen molar-refractivity contribution in [3.05, 3.63) is 99.5 Å². The summed E-state index contributed by atoms with van der Waals surface area (Å²) in [6.45, 7) is 6.72. The molecule has 3 rings (SSSR count). The molecule has 0 aliphatic carbocycles. The Bertz CT molecular complexity index is 1470. The Hall–Kier alpha value is -3.07. The lowest BCUT2D eigenvalue weighted by Gasteiger charge is -2.32. The van der Waals surface area contributed by atoms with E-state index in [1.165, 1.54) is 4.31 Å². The van der Waals surface area contributed by atoms with Crippen LogP contribution in [0.1, 0.15) is 50.3 Å². The third-order valence-corrected chi connectivity index (χ3v) is 8.88. The Morgan fingerprint density at radius 2 is 1.60 bits per heavy atom. The van der Waals surface area contributed by atoms with Crippen molar-refractivity contribution in [1.82, 2.24) is 10.2 Å². The van der Waals surface area contributed by atoms with Crippen LogP contribution in [0.3, 0.4) is 0 Å². The van der Waals surface area contributed by atoms with Crippen LogP contribution in [0.4, 0.5) is 5.69 Å². The highest BCUT2D eigenvalue weighted by atomic mass is 35.5. The van der Waals surface area contributed by atoms with Crippen LogP contribution in [0.5, 0.6) is 0 Å². The van der Waals surface area contributed by atoms with Crippen molar-refractivity contribution in [1.29, 1.82) is 0 Å². The maximum Gasteiger partial charge on any atom is 0.243 e. The van der Waals surface area contributed by atoms with Crippen LogP contribution >= 0.6 is 23.2 Å². The average Bonchev–Trinajstić information content (AvgIpc) is 2.96. The van der Waals surface area contributed by atoms with E-state index >= 15 is 0 Å². The van der Waals surface area contributed by atoms with E-state index in [9.17, 15) is 18.0 Å². The molecule has 0 heterocycles. The molecule has 7 nitrogen and oxygen atoms in total. The predicted molar refractivity (Wildman–Crippen MR) is 176 cm³/mol. The third-order valence-electron chi connectivity index (χ3n) is 7.10. The largest absolute Gasteiger partial charge is 0.354 e. The van der Waals surface area contributed by atoms with Crippen LogP contribution < -0.4 is 9.62 Å². The second kappa shape index (κ2) is 16.1. The lowest BCUT2D eigenvalue weighted by atomic mass is 10.0. The molecule has 0 radical (unpaired) electrons. The van der Waals surface area contributed by atoms with Gasteiger partial charge in [-0.25, -0.2) is 8.42 Å². The maximum absolute atomic E-state index is 14.0. The number of aryl methyl sites for hydroxylation is 1. The highest BCUT2D eigenvalue weighted by Crippen LogP contribution is 2.25. The van der Waals surface area contributed by atoms with E-state index in [0.29, 0.717) is 34.3 Å². The zero-order valence-electron chi connectivity index (χ0n) is 25.2. The first kappa shape index (κ1) is 34.4. The van der Waals surface area contributed by atoms with Crippen molar-refractivity contribution in [2.24, 2.45) is 5.92 Å². The zero-order chi connectivity index (χ0) is 31.6. The number of nitrogens with zero attached hydrogens (tertiary/aromatic N) is 2. The van der Waals surface area contributed by atoms with Gasteiger partial charge in [0.1, 0.15) is 6.04 Å². The van der Waals surface area contributed by atoms with Crippen LogP contribution in [0.25, 0.3) is 0 Å². The Kier molecular flexibility index (Phi) is 12.9. The highest BCUT2D eigenvalue weighted by Gasteiger charge is 2.31. The van der Waals surface area contributed by atoms with E-state index in [1.807, 2.05) is 63.2 Å². The van der Waals surface area contributed by atoms with Gasteiger partial charge < -0.3 is 10.2 Å². The lowest BCUT2D eigenvalue weighted by molar-refractivity contribution is -0.141. The number of anilines is 1. The summed E-state index contributed by atoms with van der Waals surface area (Å²) in [6, 6.07) is 21.2. The van der Waals surface area contributed by atoms with E-state index in [2.05, 4.69) is 5.32 Å². The normalized spacial score (nSPS) is 12.2. The Labute approximate surface area is 266 Å². The second-order valence-electron chi connectivity index (χ2n) is 11.1. The van der Waals surface area contributed by atoms with E-state index in [4.69, 9.17) is 23.2 Å². The smallest absolute Gasteiger partial charge is 0.243 e. The maximum atomic E-state index is 14.0. The Morgan fingerprint density at radius 1 is 0.930 bits per heavy atom. The molecular weight excluding hydrogens is 605 g/mol. The van der Waals surface area contributed by atoms with Crippen molar-refractivity contribution in [3.8, 4) is 0 Å². The summed E-state index contributed by atoms with van der Waals surface area (Å²) in [5.41, 5.74) is 3.21. The van der Waals surface area contributed by atoms with Crippen molar-refractivity contribution >= 4 is 50.7 Å². The summed E-state index contributed by atoms with van der Waals surface area (Å²) in [5, 5.41) is 3.86. The van der Waals surface area contributed by atoms with Gasteiger partial charge in [0, 0.05) is 42.5 Å². The quantitative estimate of drug-likeness (QED) is 0.204. The minimum Gasteiger partial charge on any atom is -0.354 e. The second-order valence-corrected chi connectivity index (χ2v) is 13.8. The molecule has 10 heteroatoms. The number of carbonyl (C=O) groups is 2. The van der Waals surface area contributed by atoms with Crippen molar-refractivity contribution in [2.45, 2.75) is 59.0 Å². The molecule has 0 saturated heterocycles.